The molecular formula is C7H3BrN2O3. The molecule has 0 atom stereocenters. The molecule has 0 aliphatic heterocycles. The van der Waals surface area contributed by atoms with Crippen LogP contribution in [0.4, 0.5) is 5.69 Å². The summed E-state index contributed by atoms with van der Waals surface area (Å²) in [5.74, 6) is -0.518. The van der Waals surface area contributed by atoms with Gasteiger partial charge in [0.15, 0.2) is 5.75 Å². The third-order valence-electron chi connectivity index (χ3n) is 1.35. The molecule has 1 aromatic carbocycles. The van der Waals surface area contributed by atoms with Gasteiger partial charge in [-0.2, -0.15) is 5.26 Å². The molecule has 66 valence electrons. The lowest BCUT2D eigenvalue weighted by Crippen LogP contribution is -1.90. The Morgan fingerprint density at radius 3 is 2.62 bits per heavy atom. The van der Waals surface area contributed by atoms with Gasteiger partial charge in [0, 0.05) is 6.07 Å². The van der Waals surface area contributed by atoms with Gasteiger partial charge in [0.05, 0.1) is 16.6 Å². The molecule has 5 nitrogen and oxygen atoms in total. The van der Waals surface area contributed by atoms with E-state index in [0.29, 0.717) is 0 Å². The molecule has 1 rings (SSSR count). The Hall–Kier alpha value is -1.61. The van der Waals surface area contributed by atoms with Crippen LogP contribution in [0.15, 0.2) is 16.6 Å². The average molecular weight is 243 g/mol. The first-order valence-electron chi connectivity index (χ1n) is 3.13. The molecule has 0 aliphatic rings. The zero-order chi connectivity index (χ0) is 10.0. The van der Waals surface area contributed by atoms with Crippen molar-refractivity contribution in [2.24, 2.45) is 0 Å². The molecule has 0 fully saturated rings. The third kappa shape index (κ3) is 1.76. The second-order valence-corrected chi connectivity index (χ2v) is 3.05. The quantitative estimate of drug-likeness (QED) is 0.602. The van der Waals surface area contributed by atoms with E-state index in [0.717, 1.165) is 6.07 Å². The van der Waals surface area contributed by atoms with E-state index in [-0.39, 0.29) is 10.0 Å². The zero-order valence-corrected chi connectivity index (χ0v) is 7.78. The standard InChI is InChI=1S/C7H3BrN2O3/c8-5-1-4(3-9)2-6(11)7(5)10(12)13/h1-2,11H. The summed E-state index contributed by atoms with van der Waals surface area (Å²) in [5, 5.41) is 28.0. The minimum absolute atomic E-state index is 0.0917. The minimum atomic E-state index is -0.722. The lowest BCUT2D eigenvalue weighted by molar-refractivity contribution is -0.386. The second-order valence-electron chi connectivity index (χ2n) is 2.19. The maximum absolute atomic E-state index is 10.4. The van der Waals surface area contributed by atoms with E-state index in [1.165, 1.54) is 6.07 Å². The average Bonchev–Trinajstić information content (AvgIpc) is 2.02. The van der Waals surface area contributed by atoms with Gasteiger partial charge in [-0.25, -0.2) is 0 Å². The van der Waals surface area contributed by atoms with E-state index in [1.54, 1.807) is 6.07 Å². The van der Waals surface area contributed by atoms with Crippen molar-refractivity contribution in [2.75, 3.05) is 0 Å². The van der Waals surface area contributed by atoms with Crippen molar-refractivity contribution in [2.45, 2.75) is 0 Å². The van der Waals surface area contributed by atoms with E-state index in [9.17, 15) is 10.1 Å². The summed E-state index contributed by atoms with van der Waals surface area (Å²) in [7, 11) is 0. The number of nitro groups is 1. The van der Waals surface area contributed by atoms with Crippen molar-refractivity contribution >= 4 is 21.6 Å². The number of nitro benzene ring substituents is 1. The highest BCUT2D eigenvalue weighted by Crippen LogP contribution is 2.34. The van der Waals surface area contributed by atoms with Gasteiger partial charge < -0.3 is 5.11 Å². The van der Waals surface area contributed by atoms with Crippen LogP contribution in [0.3, 0.4) is 0 Å². The number of nitriles is 1. The molecule has 0 radical (unpaired) electrons. The summed E-state index contributed by atoms with van der Waals surface area (Å²) in [6.45, 7) is 0. The fourth-order valence-electron chi connectivity index (χ4n) is 0.830. The number of phenolic OH excluding ortho intramolecular Hbond substituents is 1. The highest BCUT2D eigenvalue weighted by Gasteiger charge is 2.18. The maximum Gasteiger partial charge on any atom is 0.324 e. The van der Waals surface area contributed by atoms with Gasteiger partial charge in [-0.1, -0.05) is 0 Å². The molecule has 0 aromatic heterocycles. The van der Waals surface area contributed by atoms with Gasteiger partial charge in [-0.05, 0) is 22.0 Å². The normalized spacial score (nSPS) is 9.23. The van der Waals surface area contributed by atoms with Crippen LogP contribution in [0.5, 0.6) is 5.75 Å². The monoisotopic (exact) mass is 242 g/mol. The molecule has 0 amide bonds. The number of benzene rings is 1. The van der Waals surface area contributed by atoms with Crippen molar-refractivity contribution in [1.82, 2.24) is 0 Å². The smallest absolute Gasteiger partial charge is 0.324 e. The van der Waals surface area contributed by atoms with Crippen LogP contribution in [-0.4, -0.2) is 10.0 Å². The predicted octanol–water partition coefficient (Wildman–Crippen LogP) is 1.93. The zero-order valence-electron chi connectivity index (χ0n) is 6.19. The van der Waals surface area contributed by atoms with Crippen LogP contribution in [0.1, 0.15) is 5.56 Å². The molecular weight excluding hydrogens is 240 g/mol. The van der Waals surface area contributed by atoms with Crippen LogP contribution in [0.2, 0.25) is 0 Å². The van der Waals surface area contributed by atoms with Gasteiger partial charge in [0.1, 0.15) is 4.47 Å². The van der Waals surface area contributed by atoms with Crippen molar-refractivity contribution in [1.29, 1.82) is 5.26 Å². The van der Waals surface area contributed by atoms with Crippen LogP contribution in [0.25, 0.3) is 0 Å². The number of nitrogens with zero attached hydrogens (tertiary/aromatic N) is 2. The fourth-order valence-corrected chi connectivity index (χ4v) is 1.42. The summed E-state index contributed by atoms with van der Waals surface area (Å²) in [6.07, 6.45) is 0. The number of rotatable bonds is 1. The Morgan fingerprint density at radius 1 is 1.62 bits per heavy atom. The summed E-state index contributed by atoms with van der Waals surface area (Å²) in [5.41, 5.74) is -0.269. The lowest BCUT2D eigenvalue weighted by Gasteiger charge is -1.98. The molecule has 1 N–H and O–H groups in total. The number of hydrogen-bond donors (Lipinski definition) is 1. The first-order valence-corrected chi connectivity index (χ1v) is 3.92. The van der Waals surface area contributed by atoms with Crippen molar-refractivity contribution in [3.63, 3.8) is 0 Å². The highest BCUT2D eigenvalue weighted by molar-refractivity contribution is 9.10. The number of halogens is 1. The van der Waals surface area contributed by atoms with Crippen molar-refractivity contribution in [3.05, 3.63) is 32.3 Å². The molecule has 6 heteroatoms. The second kappa shape index (κ2) is 3.41. The van der Waals surface area contributed by atoms with Crippen molar-refractivity contribution < 1.29 is 10.0 Å². The summed E-state index contributed by atoms with van der Waals surface area (Å²) < 4.78 is 0.0917. The van der Waals surface area contributed by atoms with Gasteiger partial charge in [-0.15, -0.1) is 0 Å². The molecule has 0 heterocycles. The molecule has 0 saturated heterocycles. The van der Waals surface area contributed by atoms with Gasteiger partial charge in [0.25, 0.3) is 0 Å². The number of phenols is 1. The van der Waals surface area contributed by atoms with E-state index in [2.05, 4.69) is 15.9 Å². The first-order chi connectivity index (χ1) is 6.06. The summed E-state index contributed by atoms with van der Waals surface area (Å²) in [6, 6.07) is 4.08. The topological polar surface area (TPSA) is 87.2 Å². The van der Waals surface area contributed by atoms with Crippen molar-refractivity contribution in [3.8, 4) is 11.8 Å². The number of aromatic hydroxyl groups is 1. The first kappa shape index (κ1) is 9.48. The third-order valence-corrected chi connectivity index (χ3v) is 1.96. The van der Waals surface area contributed by atoms with Crippen LogP contribution >= 0.6 is 15.9 Å². The molecule has 0 spiro atoms. The van der Waals surface area contributed by atoms with E-state index < -0.39 is 16.4 Å². The Labute approximate surface area is 81.5 Å². The summed E-state index contributed by atoms with van der Waals surface area (Å²) in [4.78, 5) is 9.65. The summed E-state index contributed by atoms with van der Waals surface area (Å²) >= 11 is 2.89. The van der Waals surface area contributed by atoms with Crippen LogP contribution in [-0.2, 0) is 0 Å². The van der Waals surface area contributed by atoms with Gasteiger partial charge >= 0.3 is 5.69 Å². The molecule has 13 heavy (non-hydrogen) atoms. The molecule has 0 saturated carbocycles. The lowest BCUT2D eigenvalue weighted by atomic mass is 10.2. The Morgan fingerprint density at radius 2 is 2.23 bits per heavy atom. The van der Waals surface area contributed by atoms with Crippen LogP contribution in [0, 0.1) is 21.4 Å². The van der Waals surface area contributed by atoms with E-state index >= 15 is 0 Å². The maximum atomic E-state index is 10.4. The van der Waals surface area contributed by atoms with E-state index in [1.807, 2.05) is 0 Å². The van der Waals surface area contributed by atoms with Gasteiger partial charge in [0.2, 0.25) is 0 Å². The van der Waals surface area contributed by atoms with Gasteiger partial charge in [-0.3, -0.25) is 10.1 Å². The Kier molecular flexibility index (Phi) is 2.49. The molecule has 0 unspecified atom stereocenters. The predicted molar refractivity (Wildman–Crippen MR) is 47.2 cm³/mol. The van der Waals surface area contributed by atoms with E-state index in [4.69, 9.17) is 10.4 Å². The fraction of sp³-hybridized carbons (Fsp3) is 0. The molecule has 1 aromatic rings. The SMILES string of the molecule is N#Cc1cc(O)c([N+](=O)[O-])c(Br)c1. The molecule has 0 bridgehead atoms. The molecule has 0 aliphatic carbocycles. The van der Waals surface area contributed by atoms with Crippen LogP contribution < -0.4 is 0 Å². The Bertz CT molecular complexity index is 388. The minimum Gasteiger partial charge on any atom is -0.502 e. The number of hydrogen-bond acceptors (Lipinski definition) is 4. The highest BCUT2D eigenvalue weighted by atomic mass is 79.9. The largest absolute Gasteiger partial charge is 0.502 e. The Balaban J connectivity index is 3.42.